The molecule has 0 spiro atoms. The molecule has 1 aliphatic rings. The molecule has 2 rings (SSSR count). The van der Waals surface area contributed by atoms with Gasteiger partial charge in [-0.15, -0.1) is 0 Å². The molecule has 20 heavy (non-hydrogen) atoms. The van der Waals surface area contributed by atoms with E-state index in [-0.39, 0.29) is 18.0 Å². The van der Waals surface area contributed by atoms with Crippen LogP contribution in [0.5, 0.6) is 0 Å². The average molecular weight is 301 g/mol. The molecule has 0 aromatic heterocycles. The highest BCUT2D eigenvalue weighted by molar-refractivity contribution is 7.89. The number of sulfonamides is 1. The molecule has 0 aliphatic carbocycles. The van der Waals surface area contributed by atoms with Gasteiger partial charge in [0, 0.05) is 19.6 Å². The van der Waals surface area contributed by atoms with Crippen molar-refractivity contribution < 1.29 is 12.8 Å². The number of benzene rings is 1. The molecule has 0 saturated carbocycles. The van der Waals surface area contributed by atoms with Crippen molar-refractivity contribution in [3.05, 3.63) is 29.6 Å². The van der Waals surface area contributed by atoms with Crippen molar-refractivity contribution in [3.8, 4) is 0 Å². The van der Waals surface area contributed by atoms with Gasteiger partial charge in [0.25, 0.3) is 0 Å². The summed E-state index contributed by atoms with van der Waals surface area (Å²) in [5.74, 6) is -0.754. The maximum absolute atomic E-state index is 13.7. The first-order valence-electron chi connectivity index (χ1n) is 6.73. The van der Waals surface area contributed by atoms with E-state index in [1.54, 1.807) is 0 Å². The Morgan fingerprint density at radius 1 is 1.30 bits per heavy atom. The van der Waals surface area contributed by atoms with Gasteiger partial charge in [-0.2, -0.15) is 0 Å². The van der Waals surface area contributed by atoms with E-state index in [4.69, 9.17) is 5.73 Å². The van der Waals surface area contributed by atoms with Crippen molar-refractivity contribution in [1.82, 2.24) is 9.62 Å². The van der Waals surface area contributed by atoms with Crippen molar-refractivity contribution >= 4 is 10.0 Å². The number of hydrogen-bond donors (Lipinski definition) is 2. The van der Waals surface area contributed by atoms with E-state index in [9.17, 15) is 12.8 Å². The van der Waals surface area contributed by atoms with E-state index in [1.165, 1.54) is 12.1 Å². The molecule has 1 aromatic rings. The summed E-state index contributed by atoms with van der Waals surface area (Å²) in [5, 5.41) is 0. The minimum Gasteiger partial charge on any atom is -0.326 e. The maximum Gasteiger partial charge on any atom is 0.243 e. The zero-order valence-electron chi connectivity index (χ0n) is 11.3. The van der Waals surface area contributed by atoms with Crippen LogP contribution < -0.4 is 10.5 Å². The Bertz CT molecular complexity index is 557. The Hall–Kier alpha value is -1.02. The number of likely N-dealkylation sites (tertiary alicyclic amines) is 1. The number of hydrogen-bond acceptors (Lipinski definition) is 4. The standard InChI is InChI=1S/C13H20FN3O2S/c14-12-4-3-11(10-15)9-13(12)20(18,19)16-5-8-17-6-1-2-7-17/h3-4,9,16H,1-2,5-8,10,15H2. The van der Waals surface area contributed by atoms with Crippen molar-refractivity contribution in [3.63, 3.8) is 0 Å². The van der Waals surface area contributed by atoms with Gasteiger partial charge < -0.3 is 10.6 Å². The highest BCUT2D eigenvalue weighted by Crippen LogP contribution is 2.16. The fourth-order valence-electron chi connectivity index (χ4n) is 2.30. The highest BCUT2D eigenvalue weighted by Gasteiger charge is 2.20. The molecule has 0 unspecified atom stereocenters. The van der Waals surface area contributed by atoms with Crippen LogP contribution in [0.15, 0.2) is 23.1 Å². The van der Waals surface area contributed by atoms with Gasteiger partial charge in [0.1, 0.15) is 10.7 Å². The third kappa shape index (κ3) is 3.76. The summed E-state index contributed by atoms with van der Waals surface area (Å²) in [5.41, 5.74) is 6.04. The minimum atomic E-state index is -3.82. The molecule has 1 fully saturated rings. The Balaban J connectivity index is 2.01. The van der Waals surface area contributed by atoms with Crippen LogP contribution in [0, 0.1) is 5.82 Å². The smallest absolute Gasteiger partial charge is 0.243 e. The van der Waals surface area contributed by atoms with Gasteiger partial charge >= 0.3 is 0 Å². The average Bonchev–Trinajstić information content (AvgIpc) is 2.92. The van der Waals surface area contributed by atoms with E-state index in [1.807, 2.05) is 0 Å². The van der Waals surface area contributed by atoms with E-state index in [0.29, 0.717) is 12.1 Å². The van der Waals surface area contributed by atoms with Gasteiger partial charge in [0.05, 0.1) is 0 Å². The lowest BCUT2D eigenvalue weighted by Gasteiger charge is -2.15. The van der Waals surface area contributed by atoms with Gasteiger partial charge in [-0.1, -0.05) is 6.07 Å². The Morgan fingerprint density at radius 2 is 2.00 bits per heavy atom. The van der Waals surface area contributed by atoms with Crippen LogP contribution in [0.2, 0.25) is 0 Å². The molecule has 112 valence electrons. The molecule has 0 amide bonds. The lowest BCUT2D eigenvalue weighted by Crippen LogP contribution is -2.33. The van der Waals surface area contributed by atoms with Crippen molar-refractivity contribution in [2.75, 3.05) is 26.2 Å². The maximum atomic E-state index is 13.7. The van der Waals surface area contributed by atoms with E-state index >= 15 is 0 Å². The second kappa shape index (κ2) is 6.62. The van der Waals surface area contributed by atoms with Crippen molar-refractivity contribution in [1.29, 1.82) is 0 Å². The minimum absolute atomic E-state index is 0.177. The Labute approximate surface area is 119 Å². The summed E-state index contributed by atoms with van der Waals surface area (Å²) >= 11 is 0. The number of nitrogens with two attached hydrogens (primary N) is 1. The van der Waals surface area contributed by atoms with Crippen LogP contribution in [0.25, 0.3) is 0 Å². The number of halogens is 1. The van der Waals surface area contributed by atoms with Crippen LogP contribution in [0.1, 0.15) is 18.4 Å². The summed E-state index contributed by atoms with van der Waals surface area (Å²) in [6.07, 6.45) is 2.31. The van der Waals surface area contributed by atoms with E-state index < -0.39 is 15.8 Å². The van der Waals surface area contributed by atoms with Gasteiger partial charge in [0.15, 0.2) is 0 Å². The normalized spacial score (nSPS) is 16.7. The van der Waals surface area contributed by atoms with Gasteiger partial charge in [-0.3, -0.25) is 0 Å². The van der Waals surface area contributed by atoms with Crippen LogP contribution in [0.4, 0.5) is 4.39 Å². The van der Waals surface area contributed by atoms with Crippen molar-refractivity contribution in [2.45, 2.75) is 24.3 Å². The molecule has 5 nitrogen and oxygen atoms in total. The molecule has 1 heterocycles. The van der Waals surface area contributed by atoms with Crippen LogP contribution in [-0.4, -0.2) is 39.5 Å². The summed E-state index contributed by atoms with van der Waals surface area (Å²) in [6.45, 7) is 3.11. The van der Waals surface area contributed by atoms with E-state index in [2.05, 4.69) is 9.62 Å². The third-order valence-electron chi connectivity index (χ3n) is 3.44. The molecule has 3 N–H and O–H groups in total. The SMILES string of the molecule is NCc1ccc(F)c(S(=O)(=O)NCCN2CCCC2)c1. The third-order valence-corrected chi connectivity index (χ3v) is 4.92. The topological polar surface area (TPSA) is 75.4 Å². The fourth-order valence-corrected chi connectivity index (χ4v) is 3.45. The molecule has 1 aromatic carbocycles. The quantitative estimate of drug-likeness (QED) is 0.809. The number of nitrogens with zero attached hydrogens (tertiary/aromatic N) is 1. The molecule has 0 radical (unpaired) electrons. The van der Waals surface area contributed by atoms with Gasteiger partial charge in [-0.05, 0) is 43.6 Å². The Kier molecular flexibility index (Phi) is 5.09. The van der Waals surface area contributed by atoms with Crippen LogP contribution >= 0.6 is 0 Å². The van der Waals surface area contributed by atoms with Crippen LogP contribution in [-0.2, 0) is 16.6 Å². The molecular formula is C13H20FN3O2S. The second-order valence-electron chi connectivity index (χ2n) is 4.92. The monoisotopic (exact) mass is 301 g/mol. The largest absolute Gasteiger partial charge is 0.326 e. The van der Waals surface area contributed by atoms with Gasteiger partial charge in [0.2, 0.25) is 10.0 Å². The zero-order chi connectivity index (χ0) is 14.6. The lowest BCUT2D eigenvalue weighted by molar-refractivity contribution is 0.344. The highest BCUT2D eigenvalue weighted by atomic mass is 32.2. The summed E-state index contributed by atoms with van der Waals surface area (Å²) in [4.78, 5) is 1.86. The molecule has 0 atom stereocenters. The first-order valence-corrected chi connectivity index (χ1v) is 8.22. The molecule has 1 saturated heterocycles. The summed E-state index contributed by atoms with van der Waals surface area (Å²) in [7, 11) is -3.82. The fraction of sp³-hybridized carbons (Fsp3) is 0.538. The van der Waals surface area contributed by atoms with Crippen LogP contribution in [0.3, 0.4) is 0 Å². The lowest BCUT2D eigenvalue weighted by atomic mass is 10.2. The predicted octanol–water partition coefficient (Wildman–Crippen LogP) is 0.658. The van der Waals surface area contributed by atoms with Gasteiger partial charge in [-0.25, -0.2) is 17.5 Å². The van der Waals surface area contributed by atoms with E-state index in [0.717, 1.165) is 32.0 Å². The second-order valence-corrected chi connectivity index (χ2v) is 6.65. The van der Waals surface area contributed by atoms with Crippen molar-refractivity contribution in [2.24, 2.45) is 5.73 Å². The summed E-state index contributed by atoms with van der Waals surface area (Å²) in [6, 6.07) is 3.91. The number of nitrogens with one attached hydrogen (secondary N) is 1. The predicted molar refractivity (Wildman–Crippen MR) is 75.2 cm³/mol. The molecular weight excluding hydrogens is 281 g/mol. The zero-order valence-corrected chi connectivity index (χ0v) is 12.1. The molecule has 0 bridgehead atoms. The summed E-state index contributed by atoms with van der Waals surface area (Å²) < 4.78 is 40.3. The molecule has 7 heteroatoms. The Morgan fingerprint density at radius 3 is 2.65 bits per heavy atom. The number of rotatable bonds is 6. The molecule has 1 aliphatic heterocycles. The first kappa shape index (κ1) is 15.4. The first-order chi connectivity index (χ1) is 9.53.